The lowest BCUT2D eigenvalue weighted by Crippen LogP contribution is -2.24. The highest BCUT2D eigenvalue weighted by Gasteiger charge is 2.27. The maximum atomic E-state index is 13.6. The Labute approximate surface area is 106 Å². The van der Waals surface area contributed by atoms with E-state index in [0.29, 0.717) is 17.5 Å². The van der Waals surface area contributed by atoms with Crippen molar-refractivity contribution >= 4 is 27.6 Å². The number of rotatable bonds is 2. The molecule has 0 radical (unpaired) electrons. The van der Waals surface area contributed by atoms with Crippen molar-refractivity contribution in [3.05, 3.63) is 28.0 Å². The number of esters is 1. The van der Waals surface area contributed by atoms with Crippen LogP contribution in [0, 0.1) is 17.1 Å². The van der Waals surface area contributed by atoms with Gasteiger partial charge in [-0.3, -0.25) is 0 Å². The number of halogens is 2. The lowest BCUT2D eigenvalue weighted by molar-refractivity contribution is -0.138. The number of anilines is 1. The molecule has 0 saturated carbocycles. The number of nitriles is 1. The summed E-state index contributed by atoms with van der Waals surface area (Å²) in [5.41, 5.74) is 0.391. The lowest BCUT2D eigenvalue weighted by atomic mass is 10.2. The monoisotopic (exact) mass is 298 g/mol. The van der Waals surface area contributed by atoms with Gasteiger partial charge in [-0.25, -0.2) is 9.18 Å². The molecular formula is C11H8BrFN2O2. The molecule has 1 heterocycles. The van der Waals surface area contributed by atoms with Crippen LogP contribution in [0.4, 0.5) is 10.1 Å². The van der Waals surface area contributed by atoms with Crippen LogP contribution in [0.15, 0.2) is 16.6 Å². The number of carbonyl (C=O) groups is 1. The van der Waals surface area contributed by atoms with Gasteiger partial charge in [-0.1, -0.05) is 0 Å². The molecular weight excluding hydrogens is 291 g/mol. The number of ether oxygens (including phenoxy) is 1. The first-order valence-corrected chi connectivity index (χ1v) is 5.73. The Morgan fingerprint density at radius 1 is 1.59 bits per heavy atom. The number of carbonyl (C=O) groups excluding carboxylic acids is 1. The van der Waals surface area contributed by atoms with Crippen LogP contribution in [0.25, 0.3) is 0 Å². The van der Waals surface area contributed by atoms with Gasteiger partial charge in [0.25, 0.3) is 0 Å². The van der Waals surface area contributed by atoms with Gasteiger partial charge in [0.1, 0.15) is 17.9 Å². The second-order valence-electron chi connectivity index (χ2n) is 3.58. The van der Waals surface area contributed by atoms with Crippen molar-refractivity contribution in [1.29, 1.82) is 5.26 Å². The molecule has 0 unspecified atom stereocenters. The minimum atomic E-state index is -0.565. The van der Waals surface area contributed by atoms with E-state index in [2.05, 4.69) is 21.2 Å². The van der Waals surface area contributed by atoms with Crippen molar-refractivity contribution in [2.75, 3.05) is 11.9 Å². The summed E-state index contributed by atoms with van der Waals surface area (Å²) >= 11 is 3.16. The number of nitrogens with zero attached hydrogens (tertiary/aromatic N) is 1. The average Bonchev–Trinajstić information content (AvgIpc) is 2.69. The molecule has 1 fully saturated rings. The Hall–Kier alpha value is -1.61. The highest BCUT2D eigenvalue weighted by Crippen LogP contribution is 2.26. The molecule has 2 rings (SSSR count). The second kappa shape index (κ2) is 4.72. The molecule has 4 nitrogen and oxygen atoms in total. The van der Waals surface area contributed by atoms with Crippen molar-refractivity contribution in [2.45, 2.75) is 12.5 Å². The van der Waals surface area contributed by atoms with Crippen molar-refractivity contribution in [3.63, 3.8) is 0 Å². The summed E-state index contributed by atoms with van der Waals surface area (Å²) in [5, 5.41) is 11.5. The largest absolute Gasteiger partial charge is 0.464 e. The van der Waals surface area contributed by atoms with Crippen LogP contribution in [0.1, 0.15) is 12.0 Å². The topological polar surface area (TPSA) is 62.1 Å². The minimum absolute atomic E-state index is 0.180. The van der Waals surface area contributed by atoms with E-state index in [4.69, 9.17) is 10.00 Å². The first kappa shape index (κ1) is 11.9. The average molecular weight is 299 g/mol. The summed E-state index contributed by atoms with van der Waals surface area (Å²) < 4.78 is 18.9. The summed E-state index contributed by atoms with van der Waals surface area (Å²) in [6.07, 6.45) is 0.510. The summed E-state index contributed by atoms with van der Waals surface area (Å²) in [6.45, 7) is 0.343. The predicted molar refractivity (Wildman–Crippen MR) is 61.8 cm³/mol. The van der Waals surface area contributed by atoms with Gasteiger partial charge in [0.2, 0.25) is 0 Å². The van der Waals surface area contributed by atoms with Crippen LogP contribution in [0.5, 0.6) is 0 Å². The van der Waals surface area contributed by atoms with Gasteiger partial charge >= 0.3 is 5.97 Å². The third kappa shape index (κ3) is 2.39. The first-order chi connectivity index (χ1) is 8.11. The fourth-order valence-electron chi connectivity index (χ4n) is 1.56. The van der Waals surface area contributed by atoms with Crippen LogP contribution in [0.2, 0.25) is 0 Å². The summed E-state index contributed by atoms with van der Waals surface area (Å²) in [4.78, 5) is 11.2. The smallest absolute Gasteiger partial charge is 0.328 e. The predicted octanol–water partition coefficient (Wildman–Crippen LogP) is 2.19. The van der Waals surface area contributed by atoms with E-state index in [-0.39, 0.29) is 17.2 Å². The molecule has 1 aliphatic heterocycles. The van der Waals surface area contributed by atoms with E-state index in [1.165, 1.54) is 6.07 Å². The minimum Gasteiger partial charge on any atom is -0.464 e. The van der Waals surface area contributed by atoms with Crippen LogP contribution >= 0.6 is 15.9 Å². The van der Waals surface area contributed by atoms with Gasteiger partial charge in [0, 0.05) is 10.9 Å². The van der Waals surface area contributed by atoms with Crippen LogP contribution in [0.3, 0.4) is 0 Å². The maximum Gasteiger partial charge on any atom is 0.328 e. The number of hydrogen-bond acceptors (Lipinski definition) is 4. The number of benzene rings is 1. The van der Waals surface area contributed by atoms with Gasteiger partial charge in [0.05, 0.1) is 17.9 Å². The number of hydrogen-bond donors (Lipinski definition) is 1. The van der Waals surface area contributed by atoms with Crippen LogP contribution < -0.4 is 5.32 Å². The summed E-state index contributed by atoms with van der Waals surface area (Å²) in [5.74, 6) is -0.950. The molecule has 1 aromatic carbocycles. The van der Waals surface area contributed by atoms with E-state index in [0.717, 1.165) is 6.07 Å². The number of cyclic esters (lactones) is 1. The molecule has 1 saturated heterocycles. The second-order valence-corrected chi connectivity index (χ2v) is 4.43. The fourth-order valence-corrected chi connectivity index (χ4v) is 1.99. The van der Waals surface area contributed by atoms with Gasteiger partial charge in [-0.15, -0.1) is 0 Å². The van der Waals surface area contributed by atoms with E-state index >= 15 is 0 Å². The van der Waals surface area contributed by atoms with Gasteiger partial charge in [-0.2, -0.15) is 5.26 Å². The van der Waals surface area contributed by atoms with E-state index in [1.54, 1.807) is 0 Å². The molecule has 0 bridgehead atoms. The molecule has 0 amide bonds. The molecule has 1 N–H and O–H groups in total. The maximum absolute atomic E-state index is 13.6. The zero-order valence-electron chi connectivity index (χ0n) is 8.67. The Kier molecular flexibility index (Phi) is 3.29. The molecule has 6 heteroatoms. The Morgan fingerprint density at radius 3 is 2.94 bits per heavy atom. The van der Waals surface area contributed by atoms with Crippen molar-refractivity contribution < 1.29 is 13.9 Å². The standard InChI is InChI=1S/C11H8BrFN2O2/c12-7-4-10(8(13)3-6(7)5-14)15-9-1-2-17-11(9)16/h3-4,9,15H,1-2H2/t9-/m0/s1. The Bertz CT molecular complexity index is 513. The van der Waals surface area contributed by atoms with Gasteiger partial charge in [0.15, 0.2) is 0 Å². The number of nitrogens with one attached hydrogen (secondary N) is 1. The fraction of sp³-hybridized carbons (Fsp3) is 0.273. The zero-order valence-corrected chi connectivity index (χ0v) is 10.3. The Balaban J connectivity index is 2.25. The third-order valence-electron chi connectivity index (χ3n) is 2.44. The Morgan fingerprint density at radius 2 is 2.35 bits per heavy atom. The SMILES string of the molecule is N#Cc1cc(F)c(N[C@H]2CCOC2=O)cc1Br. The van der Waals surface area contributed by atoms with Crippen LogP contribution in [-0.4, -0.2) is 18.6 Å². The molecule has 1 aromatic rings. The van der Waals surface area contributed by atoms with E-state index in [1.807, 2.05) is 6.07 Å². The summed E-state index contributed by atoms with van der Waals surface area (Å²) in [6, 6.07) is 3.90. The highest BCUT2D eigenvalue weighted by molar-refractivity contribution is 9.10. The van der Waals surface area contributed by atoms with Crippen molar-refractivity contribution in [2.24, 2.45) is 0 Å². The summed E-state index contributed by atoms with van der Waals surface area (Å²) in [7, 11) is 0. The van der Waals surface area contributed by atoms with Crippen LogP contribution in [-0.2, 0) is 9.53 Å². The molecule has 1 aliphatic rings. The quantitative estimate of drug-likeness (QED) is 0.850. The molecule has 88 valence electrons. The molecule has 0 spiro atoms. The van der Waals surface area contributed by atoms with E-state index in [9.17, 15) is 9.18 Å². The molecule has 1 atom stereocenters. The lowest BCUT2D eigenvalue weighted by Gasteiger charge is -2.12. The highest BCUT2D eigenvalue weighted by atomic mass is 79.9. The normalized spacial score (nSPS) is 18.6. The molecule has 17 heavy (non-hydrogen) atoms. The third-order valence-corrected chi connectivity index (χ3v) is 3.10. The van der Waals surface area contributed by atoms with Gasteiger partial charge in [-0.05, 0) is 28.1 Å². The zero-order chi connectivity index (χ0) is 12.4. The van der Waals surface area contributed by atoms with Crippen molar-refractivity contribution in [1.82, 2.24) is 0 Å². The molecule has 0 aromatic heterocycles. The van der Waals surface area contributed by atoms with Gasteiger partial charge < -0.3 is 10.1 Å². The first-order valence-electron chi connectivity index (χ1n) is 4.94. The van der Waals surface area contributed by atoms with E-state index < -0.39 is 11.9 Å². The van der Waals surface area contributed by atoms with Crippen molar-refractivity contribution in [3.8, 4) is 6.07 Å². The molecule has 0 aliphatic carbocycles.